The summed E-state index contributed by atoms with van der Waals surface area (Å²) in [6, 6.07) is 14.6. The number of aromatic nitrogens is 1. The summed E-state index contributed by atoms with van der Waals surface area (Å²) in [5.74, 6) is 0.959. The fraction of sp³-hybridized carbons (Fsp3) is 0.400. The smallest absolute Gasteiger partial charge is 0.255 e. The Morgan fingerprint density at radius 1 is 1.08 bits per heavy atom. The van der Waals surface area contributed by atoms with E-state index >= 15 is 0 Å². The zero-order chi connectivity index (χ0) is 17.8. The summed E-state index contributed by atoms with van der Waals surface area (Å²) in [5, 5.41) is 3.57. The molecule has 1 aromatic carbocycles. The molecule has 3 heterocycles. The van der Waals surface area contributed by atoms with Crippen LogP contribution in [0.2, 0.25) is 0 Å². The molecule has 1 atom stereocenters. The largest absolute Gasteiger partial charge is 0.378 e. The summed E-state index contributed by atoms with van der Waals surface area (Å²) in [6.45, 7) is 5.21. The molecule has 0 bridgehead atoms. The lowest BCUT2D eigenvalue weighted by Crippen LogP contribution is -2.46. The summed E-state index contributed by atoms with van der Waals surface area (Å²) >= 11 is 0. The van der Waals surface area contributed by atoms with E-state index in [4.69, 9.17) is 4.74 Å². The number of benzene rings is 1. The molecule has 1 amide bonds. The predicted octanol–water partition coefficient (Wildman–Crippen LogP) is 1.70. The first-order chi connectivity index (χ1) is 12.8. The standard InChI is InChI=1S/C20H24N4O2/c25-20(23-10-12-26-13-11-23)17-6-7-19(22-14-17)24-9-8-21-18(15-24)16-4-2-1-3-5-16/h1-7,14,18,21H,8-13,15H2/t18-/m1/s1. The maximum absolute atomic E-state index is 12.5. The highest BCUT2D eigenvalue weighted by Gasteiger charge is 2.23. The molecule has 0 aliphatic carbocycles. The van der Waals surface area contributed by atoms with E-state index in [1.165, 1.54) is 5.56 Å². The van der Waals surface area contributed by atoms with Crippen molar-refractivity contribution in [1.82, 2.24) is 15.2 Å². The van der Waals surface area contributed by atoms with Gasteiger partial charge in [-0.3, -0.25) is 4.79 Å². The van der Waals surface area contributed by atoms with Gasteiger partial charge in [0.15, 0.2) is 0 Å². The minimum Gasteiger partial charge on any atom is -0.378 e. The molecule has 6 heteroatoms. The SMILES string of the molecule is O=C(c1ccc(N2CCN[C@@H](c3ccccc3)C2)nc1)N1CCOCC1. The first-order valence-electron chi connectivity index (χ1n) is 9.17. The summed E-state index contributed by atoms with van der Waals surface area (Å²) in [6.07, 6.45) is 1.70. The third kappa shape index (κ3) is 3.71. The van der Waals surface area contributed by atoms with E-state index in [1.54, 1.807) is 6.20 Å². The van der Waals surface area contributed by atoms with Crippen LogP contribution in [-0.2, 0) is 4.74 Å². The van der Waals surface area contributed by atoms with Crippen LogP contribution in [0.4, 0.5) is 5.82 Å². The summed E-state index contributed by atoms with van der Waals surface area (Å²) in [4.78, 5) is 21.2. The quantitative estimate of drug-likeness (QED) is 0.911. The van der Waals surface area contributed by atoms with Crippen molar-refractivity contribution < 1.29 is 9.53 Å². The topological polar surface area (TPSA) is 57.7 Å². The number of nitrogens with one attached hydrogen (secondary N) is 1. The van der Waals surface area contributed by atoms with Crippen LogP contribution in [0.3, 0.4) is 0 Å². The van der Waals surface area contributed by atoms with Gasteiger partial charge in [0, 0.05) is 45.0 Å². The highest BCUT2D eigenvalue weighted by atomic mass is 16.5. The summed E-state index contributed by atoms with van der Waals surface area (Å²) in [7, 11) is 0. The molecule has 4 rings (SSSR count). The van der Waals surface area contributed by atoms with Crippen molar-refractivity contribution in [2.45, 2.75) is 6.04 Å². The number of piperazine rings is 1. The molecular weight excluding hydrogens is 328 g/mol. The zero-order valence-electron chi connectivity index (χ0n) is 14.8. The number of amides is 1. The van der Waals surface area contributed by atoms with Crippen LogP contribution in [0.15, 0.2) is 48.7 Å². The Morgan fingerprint density at radius 2 is 1.88 bits per heavy atom. The number of carbonyl (C=O) groups is 1. The second-order valence-corrected chi connectivity index (χ2v) is 6.67. The molecule has 1 N–H and O–H groups in total. The van der Waals surface area contributed by atoms with E-state index in [1.807, 2.05) is 23.1 Å². The molecule has 0 unspecified atom stereocenters. The zero-order valence-corrected chi connectivity index (χ0v) is 14.8. The first-order valence-corrected chi connectivity index (χ1v) is 9.17. The van der Waals surface area contributed by atoms with Gasteiger partial charge >= 0.3 is 0 Å². The van der Waals surface area contributed by atoms with E-state index in [9.17, 15) is 4.79 Å². The maximum Gasteiger partial charge on any atom is 0.255 e. The van der Waals surface area contributed by atoms with Gasteiger partial charge in [-0.2, -0.15) is 0 Å². The monoisotopic (exact) mass is 352 g/mol. The summed E-state index contributed by atoms with van der Waals surface area (Å²) in [5.41, 5.74) is 1.93. The van der Waals surface area contributed by atoms with Crippen LogP contribution in [0, 0.1) is 0 Å². The van der Waals surface area contributed by atoms with Gasteiger partial charge in [0.25, 0.3) is 5.91 Å². The fourth-order valence-corrected chi connectivity index (χ4v) is 3.52. The van der Waals surface area contributed by atoms with E-state index < -0.39 is 0 Å². The lowest BCUT2D eigenvalue weighted by molar-refractivity contribution is 0.0302. The van der Waals surface area contributed by atoms with Gasteiger partial charge in [-0.15, -0.1) is 0 Å². The van der Waals surface area contributed by atoms with Gasteiger partial charge in [0.1, 0.15) is 5.82 Å². The normalized spacial score (nSPS) is 20.8. The van der Waals surface area contributed by atoms with Gasteiger partial charge in [0.2, 0.25) is 0 Å². The molecule has 0 saturated carbocycles. The minimum atomic E-state index is 0.0369. The number of pyridine rings is 1. The minimum absolute atomic E-state index is 0.0369. The number of anilines is 1. The molecule has 2 saturated heterocycles. The number of hydrogen-bond donors (Lipinski definition) is 1. The van der Waals surface area contributed by atoms with Gasteiger partial charge in [0.05, 0.1) is 18.8 Å². The lowest BCUT2D eigenvalue weighted by Gasteiger charge is -2.35. The van der Waals surface area contributed by atoms with Crippen LogP contribution in [0.25, 0.3) is 0 Å². The molecule has 0 spiro atoms. The van der Waals surface area contributed by atoms with Gasteiger partial charge < -0.3 is 19.9 Å². The second-order valence-electron chi connectivity index (χ2n) is 6.67. The number of nitrogens with zero attached hydrogens (tertiary/aromatic N) is 3. The molecule has 2 fully saturated rings. The predicted molar refractivity (Wildman–Crippen MR) is 100 cm³/mol. The number of hydrogen-bond acceptors (Lipinski definition) is 5. The van der Waals surface area contributed by atoms with E-state index in [0.29, 0.717) is 37.9 Å². The Morgan fingerprint density at radius 3 is 2.62 bits per heavy atom. The Bertz CT molecular complexity index is 729. The van der Waals surface area contributed by atoms with Crippen molar-refractivity contribution in [3.05, 3.63) is 59.8 Å². The molecule has 1 aromatic heterocycles. The molecule has 2 aliphatic heterocycles. The van der Waals surface area contributed by atoms with Gasteiger partial charge in [-0.05, 0) is 17.7 Å². The van der Waals surface area contributed by atoms with Crippen molar-refractivity contribution in [1.29, 1.82) is 0 Å². The highest BCUT2D eigenvalue weighted by molar-refractivity contribution is 5.94. The Balaban J connectivity index is 1.43. The Hall–Kier alpha value is -2.44. The van der Waals surface area contributed by atoms with Gasteiger partial charge in [-0.1, -0.05) is 30.3 Å². The Labute approximate surface area is 153 Å². The van der Waals surface area contributed by atoms with Crippen molar-refractivity contribution in [3.63, 3.8) is 0 Å². The number of carbonyl (C=O) groups excluding carboxylic acids is 1. The average molecular weight is 352 g/mol. The van der Waals surface area contributed by atoms with Crippen molar-refractivity contribution in [2.75, 3.05) is 50.8 Å². The third-order valence-corrected chi connectivity index (χ3v) is 4.99. The fourth-order valence-electron chi connectivity index (χ4n) is 3.52. The first kappa shape index (κ1) is 17.0. The Kier molecular flexibility index (Phi) is 5.13. The van der Waals surface area contributed by atoms with Crippen LogP contribution in [0.1, 0.15) is 22.0 Å². The number of morpholine rings is 1. The van der Waals surface area contributed by atoms with Crippen molar-refractivity contribution >= 4 is 11.7 Å². The molecule has 2 aliphatic rings. The molecule has 0 radical (unpaired) electrons. The summed E-state index contributed by atoms with van der Waals surface area (Å²) < 4.78 is 5.31. The highest BCUT2D eigenvalue weighted by Crippen LogP contribution is 2.21. The lowest BCUT2D eigenvalue weighted by atomic mass is 10.0. The molecular formula is C20H24N4O2. The van der Waals surface area contributed by atoms with Crippen molar-refractivity contribution in [2.24, 2.45) is 0 Å². The van der Waals surface area contributed by atoms with Crippen molar-refractivity contribution in [3.8, 4) is 0 Å². The second kappa shape index (κ2) is 7.85. The number of rotatable bonds is 3. The van der Waals surface area contributed by atoms with Crippen LogP contribution in [-0.4, -0.2) is 61.7 Å². The van der Waals surface area contributed by atoms with E-state index in [2.05, 4.69) is 39.5 Å². The molecule has 2 aromatic rings. The van der Waals surface area contributed by atoms with Gasteiger partial charge in [-0.25, -0.2) is 4.98 Å². The third-order valence-electron chi connectivity index (χ3n) is 4.99. The average Bonchev–Trinajstić information content (AvgIpc) is 2.75. The van der Waals surface area contributed by atoms with E-state index in [-0.39, 0.29) is 5.91 Å². The van der Waals surface area contributed by atoms with Crippen LogP contribution in [0.5, 0.6) is 0 Å². The van der Waals surface area contributed by atoms with E-state index in [0.717, 1.165) is 25.5 Å². The molecule has 136 valence electrons. The molecule has 26 heavy (non-hydrogen) atoms. The molecule has 6 nitrogen and oxygen atoms in total. The number of ether oxygens (including phenoxy) is 1. The van der Waals surface area contributed by atoms with Crippen LogP contribution < -0.4 is 10.2 Å². The maximum atomic E-state index is 12.5. The van der Waals surface area contributed by atoms with Crippen LogP contribution >= 0.6 is 0 Å².